The van der Waals surface area contributed by atoms with Gasteiger partial charge in [-0.1, -0.05) is 12.1 Å². The fourth-order valence-electron chi connectivity index (χ4n) is 1.13. The van der Waals surface area contributed by atoms with Crippen LogP contribution in [0.1, 0.15) is 11.5 Å². The van der Waals surface area contributed by atoms with Crippen molar-refractivity contribution < 1.29 is 14.3 Å². The highest BCUT2D eigenvalue weighted by Gasteiger charge is 2.10. The predicted octanol–water partition coefficient (Wildman–Crippen LogP) is 0.792. The summed E-state index contributed by atoms with van der Waals surface area (Å²) >= 11 is 0. The number of halogens is 1. The predicted molar refractivity (Wildman–Crippen MR) is 46.4 cm³/mol. The Hall–Kier alpha value is -0.970. The maximum absolute atomic E-state index is 12.8. The monoisotopic (exact) mass is 185 g/mol. The summed E-state index contributed by atoms with van der Waals surface area (Å²) in [5.74, 6) is 4.29. The molecule has 13 heavy (non-hydrogen) atoms. The van der Waals surface area contributed by atoms with Gasteiger partial charge >= 0.3 is 0 Å². The van der Waals surface area contributed by atoms with Gasteiger partial charge in [0.2, 0.25) is 0 Å². The lowest BCUT2D eigenvalue weighted by molar-refractivity contribution is 0.101. The Bertz CT molecular complexity index is 268. The average molecular weight is 185 g/mol. The molecule has 1 rings (SSSR count). The first kappa shape index (κ1) is 10.1. The summed E-state index contributed by atoms with van der Waals surface area (Å²) in [6.45, 7) is 0.0700. The van der Waals surface area contributed by atoms with Gasteiger partial charge in [-0.2, -0.15) is 0 Å². The van der Waals surface area contributed by atoms with Crippen LogP contribution in [0.15, 0.2) is 24.3 Å². The van der Waals surface area contributed by atoms with Gasteiger partial charge in [0.05, 0.1) is 13.2 Å². The normalized spacial score (nSPS) is 12.8. The molecule has 0 spiro atoms. The van der Waals surface area contributed by atoms with Crippen molar-refractivity contribution in [3.8, 4) is 0 Å². The Morgan fingerprint density at radius 1 is 1.54 bits per heavy atom. The zero-order valence-corrected chi connectivity index (χ0v) is 7.11. The smallest absolute Gasteiger partial charge is 0.123 e. The third-order valence-corrected chi connectivity index (χ3v) is 1.84. The van der Waals surface area contributed by atoms with Crippen molar-refractivity contribution in [2.24, 2.45) is 5.90 Å². The Morgan fingerprint density at radius 3 is 2.85 bits per heavy atom. The van der Waals surface area contributed by atoms with Gasteiger partial charge in [-0.25, -0.2) is 10.3 Å². The van der Waals surface area contributed by atoms with Crippen molar-refractivity contribution in [3.05, 3.63) is 35.6 Å². The molecule has 0 saturated carbocycles. The molecular formula is C9H12FNO2. The molecule has 0 fully saturated rings. The lowest BCUT2D eigenvalue weighted by atomic mass is 10.0. The van der Waals surface area contributed by atoms with Crippen molar-refractivity contribution in [1.29, 1.82) is 0 Å². The van der Waals surface area contributed by atoms with Gasteiger partial charge < -0.3 is 9.94 Å². The van der Waals surface area contributed by atoms with E-state index in [4.69, 9.17) is 11.0 Å². The second-order valence-corrected chi connectivity index (χ2v) is 2.77. The molecule has 0 radical (unpaired) electrons. The lowest BCUT2D eigenvalue weighted by Gasteiger charge is -2.12. The zero-order valence-electron chi connectivity index (χ0n) is 7.11. The van der Waals surface area contributed by atoms with E-state index in [9.17, 15) is 4.39 Å². The number of nitrogens with two attached hydrogens (primary N) is 1. The van der Waals surface area contributed by atoms with E-state index in [0.29, 0.717) is 5.56 Å². The highest BCUT2D eigenvalue weighted by atomic mass is 19.1. The first-order chi connectivity index (χ1) is 6.27. The van der Waals surface area contributed by atoms with Crippen molar-refractivity contribution in [2.75, 3.05) is 13.2 Å². The molecule has 1 aromatic carbocycles. The maximum Gasteiger partial charge on any atom is 0.123 e. The van der Waals surface area contributed by atoms with Gasteiger partial charge in [0, 0.05) is 5.92 Å². The second kappa shape index (κ2) is 4.91. The van der Waals surface area contributed by atoms with Crippen LogP contribution in [0.5, 0.6) is 0 Å². The molecule has 3 N–H and O–H groups in total. The minimum absolute atomic E-state index is 0.110. The number of aliphatic hydroxyl groups excluding tert-OH is 1. The summed E-state index contributed by atoms with van der Waals surface area (Å²) in [5, 5.41) is 8.94. The van der Waals surface area contributed by atoms with Crippen LogP contribution in [-0.2, 0) is 4.84 Å². The minimum atomic E-state index is -0.326. The van der Waals surface area contributed by atoms with E-state index >= 15 is 0 Å². The number of hydrogen-bond donors (Lipinski definition) is 2. The van der Waals surface area contributed by atoms with Crippen LogP contribution >= 0.6 is 0 Å². The fraction of sp³-hybridized carbons (Fsp3) is 0.333. The van der Waals surface area contributed by atoms with Crippen LogP contribution in [-0.4, -0.2) is 18.3 Å². The van der Waals surface area contributed by atoms with Gasteiger partial charge in [0.15, 0.2) is 0 Å². The summed E-state index contributed by atoms with van der Waals surface area (Å²) in [6, 6.07) is 6.02. The van der Waals surface area contributed by atoms with Crippen molar-refractivity contribution in [1.82, 2.24) is 0 Å². The Kier molecular flexibility index (Phi) is 3.82. The Labute approximate surface area is 75.9 Å². The van der Waals surface area contributed by atoms with E-state index in [1.165, 1.54) is 12.1 Å². The van der Waals surface area contributed by atoms with E-state index in [1.807, 2.05) is 0 Å². The molecule has 0 saturated heterocycles. The largest absolute Gasteiger partial charge is 0.396 e. The summed E-state index contributed by atoms with van der Waals surface area (Å²) < 4.78 is 12.8. The number of hydrogen-bond acceptors (Lipinski definition) is 3. The molecule has 0 amide bonds. The van der Waals surface area contributed by atoms with E-state index in [-0.39, 0.29) is 24.9 Å². The quantitative estimate of drug-likeness (QED) is 0.682. The average Bonchev–Trinajstić information content (AvgIpc) is 2.14. The number of rotatable bonds is 4. The molecule has 0 aliphatic carbocycles. The van der Waals surface area contributed by atoms with Gasteiger partial charge in [-0.05, 0) is 17.7 Å². The molecule has 0 aromatic heterocycles. The van der Waals surface area contributed by atoms with Crippen molar-refractivity contribution in [2.45, 2.75) is 5.92 Å². The van der Waals surface area contributed by atoms with Gasteiger partial charge in [-0.3, -0.25) is 0 Å². The molecule has 0 bridgehead atoms. The first-order valence-corrected chi connectivity index (χ1v) is 3.96. The molecule has 72 valence electrons. The first-order valence-electron chi connectivity index (χ1n) is 3.96. The van der Waals surface area contributed by atoms with E-state index < -0.39 is 0 Å². The Morgan fingerprint density at radius 2 is 2.31 bits per heavy atom. The van der Waals surface area contributed by atoms with Crippen LogP contribution in [0.4, 0.5) is 4.39 Å². The summed E-state index contributed by atoms with van der Waals surface area (Å²) in [7, 11) is 0. The van der Waals surface area contributed by atoms with Gasteiger partial charge in [0.25, 0.3) is 0 Å². The van der Waals surface area contributed by atoms with Crippen LogP contribution in [0.2, 0.25) is 0 Å². The number of benzene rings is 1. The third-order valence-electron chi connectivity index (χ3n) is 1.84. The lowest BCUT2D eigenvalue weighted by Crippen LogP contribution is -2.14. The molecule has 1 atom stereocenters. The summed E-state index contributed by atoms with van der Waals surface area (Å²) in [4.78, 5) is 4.41. The molecule has 4 heteroatoms. The molecule has 0 aliphatic heterocycles. The standard InChI is InChI=1S/C9H12FNO2/c10-9-3-1-2-7(4-9)8(5-12)6-13-11/h1-4,8,12H,5-6,11H2. The van der Waals surface area contributed by atoms with Crippen LogP contribution in [0.3, 0.4) is 0 Å². The van der Waals surface area contributed by atoms with Crippen LogP contribution in [0, 0.1) is 5.82 Å². The van der Waals surface area contributed by atoms with Gasteiger partial charge in [-0.15, -0.1) is 0 Å². The highest BCUT2D eigenvalue weighted by molar-refractivity contribution is 5.20. The second-order valence-electron chi connectivity index (χ2n) is 2.77. The third kappa shape index (κ3) is 2.77. The minimum Gasteiger partial charge on any atom is -0.396 e. The fourth-order valence-corrected chi connectivity index (χ4v) is 1.13. The van der Waals surface area contributed by atoms with E-state index in [2.05, 4.69) is 4.84 Å². The topological polar surface area (TPSA) is 55.5 Å². The summed E-state index contributed by atoms with van der Waals surface area (Å²) in [6.07, 6.45) is 0. The molecule has 1 aromatic rings. The molecule has 3 nitrogen and oxygen atoms in total. The summed E-state index contributed by atoms with van der Waals surface area (Å²) in [5.41, 5.74) is 0.688. The number of aliphatic hydroxyl groups is 1. The van der Waals surface area contributed by atoms with Crippen molar-refractivity contribution >= 4 is 0 Å². The maximum atomic E-state index is 12.8. The van der Waals surface area contributed by atoms with Gasteiger partial charge in [0.1, 0.15) is 5.82 Å². The van der Waals surface area contributed by atoms with E-state index in [0.717, 1.165) is 0 Å². The van der Waals surface area contributed by atoms with E-state index in [1.54, 1.807) is 12.1 Å². The highest BCUT2D eigenvalue weighted by Crippen LogP contribution is 2.15. The van der Waals surface area contributed by atoms with Crippen LogP contribution < -0.4 is 5.90 Å². The van der Waals surface area contributed by atoms with Crippen LogP contribution in [0.25, 0.3) is 0 Å². The molecule has 0 aliphatic rings. The zero-order chi connectivity index (χ0) is 9.68. The van der Waals surface area contributed by atoms with Crippen molar-refractivity contribution in [3.63, 3.8) is 0 Å². The molecule has 1 unspecified atom stereocenters. The Balaban J connectivity index is 2.78. The molecule has 0 heterocycles. The molecular weight excluding hydrogens is 173 g/mol. The SMILES string of the molecule is NOCC(CO)c1cccc(F)c1.